The van der Waals surface area contributed by atoms with E-state index in [1.165, 1.54) is 11.1 Å². The van der Waals surface area contributed by atoms with E-state index in [9.17, 15) is 4.79 Å². The van der Waals surface area contributed by atoms with Crippen molar-refractivity contribution < 1.29 is 4.79 Å². The topological polar surface area (TPSA) is 32.3 Å². The van der Waals surface area contributed by atoms with Crippen LogP contribution >= 0.6 is 11.8 Å². The zero-order valence-electron chi connectivity index (χ0n) is 15.4. The third-order valence-electron chi connectivity index (χ3n) is 4.75. The number of carbonyl (C=O) groups excluding carboxylic acids is 1. The molecular formula is C21H26N2OS. The number of urea groups is 1. The summed E-state index contributed by atoms with van der Waals surface area (Å²) in [7, 11) is 0. The number of hydrogen-bond acceptors (Lipinski definition) is 2. The second-order valence-electron chi connectivity index (χ2n) is 6.93. The largest absolute Gasteiger partial charge is 0.323 e. The third kappa shape index (κ3) is 3.84. The van der Waals surface area contributed by atoms with Crippen LogP contribution in [0.15, 0.2) is 42.5 Å². The molecule has 3 nitrogen and oxygen atoms in total. The van der Waals surface area contributed by atoms with Crippen molar-refractivity contribution in [2.75, 3.05) is 17.6 Å². The third-order valence-corrected chi connectivity index (χ3v) is 6.01. The standard InChI is InChI=1S/C21H26N2OS/c1-14(2)17-8-10-18(11-9-17)20-23(12-13-25-20)21(24)22-19-15(3)6-5-7-16(19)4/h5-11,14,20H,12-13H2,1-4H3,(H,22,24). The number of nitrogens with zero attached hydrogens (tertiary/aromatic N) is 1. The highest BCUT2D eigenvalue weighted by Gasteiger charge is 2.31. The lowest BCUT2D eigenvalue weighted by Gasteiger charge is -2.25. The van der Waals surface area contributed by atoms with Gasteiger partial charge in [0.2, 0.25) is 0 Å². The minimum Gasteiger partial charge on any atom is -0.308 e. The van der Waals surface area contributed by atoms with Crippen molar-refractivity contribution in [2.45, 2.75) is 39.0 Å². The maximum absolute atomic E-state index is 12.9. The maximum Gasteiger partial charge on any atom is 0.323 e. The molecule has 2 aromatic carbocycles. The van der Waals surface area contributed by atoms with E-state index in [4.69, 9.17) is 0 Å². The number of rotatable bonds is 3. The summed E-state index contributed by atoms with van der Waals surface area (Å²) in [5.74, 6) is 1.49. The van der Waals surface area contributed by atoms with Crippen LogP contribution in [0.2, 0.25) is 0 Å². The molecule has 1 fully saturated rings. The SMILES string of the molecule is Cc1cccc(C)c1NC(=O)N1CCSC1c1ccc(C(C)C)cc1. The van der Waals surface area contributed by atoms with Crippen molar-refractivity contribution in [1.29, 1.82) is 0 Å². The van der Waals surface area contributed by atoms with E-state index in [2.05, 4.69) is 43.4 Å². The number of para-hydroxylation sites is 1. The molecule has 25 heavy (non-hydrogen) atoms. The summed E-state index contributed by atoms with van der Waals surface area (Å²) in [4.78, 5) is 14.8. The van der Waals surface area contributed by atoms with Crippen LogP contribution in [0.4, 0.5) is 10.5 Å². The van der Waals surface area contributed by atoms with Crippen LogP contribution in [0.1, 0.15) is 47.4 Å². The predicted octanol–water partition coefficient (Wildman–Crippen LogP) is 5.71. The lowest BCUT2D eigenvalue weighted by molar-refractivity contribution is 0.214. The highest BCUT2D eigenvalue weighted by atomic mass is 32.2. The first-order valence-electron chi connectivity index (χ1n) is 8.82. The first-order chi connectivity index (χ1) is 12.0. The van der Waals surface area contributed by atoms with Gasteiger partial charge in [0.05, 0.1) is 0 Å². The van der Waals surface area contributed by atoms with Crippen LogP contribution in [-0.2, 0) is 0 Å². The molecule has 2 amide bonds. The maximum atomic E-state index is 12.9. The number of aryl methyl sites for hydroxylation is 2. The number of anilines is 1. The first kappa shape index (κ1) is 17.9. The van der Waals surface area contributed by atoms with Crippen molar-refractivity contribution in [3.63, 3.8) is 0 Å². The fourth-order valence-electron chi connectivity index (χ4n) is 3.19. The van der Waals surface area contributed by atoms with Gasteiger partial charge >= 0.3 is 6.03 Å². The molecule has 1 atom stereocenters. The molecule has 1 saturated heterocycles. The minimum atomic E-state index is -0.0136. The summed E-state index contributed by atoms with van der Waals surface area (Å²) in [6.07, 6.45) is 0. The molecule has 1 heterocycles. The van der Waals surface area contributed by atoms with Gasteiger partial charge in [0.25, 0.3) is 0 Å². The number of thioether (sulfide) groups is 1. The average Bonchev–Trinajstić information content (AvgIpc) is 3.08. The fraction of sp³-hybridized carbons (Fsp3) is 0.381. The van der Waals surface area contributed by atoms with E-state index in [1.54, 1.807) is 0 Å². The molecule has 4 heteroatoms. The molecule has 132 valence electrons. The monoisotopic (exact) mass is 354 g/mol. The van der Waals surface area contributed by atoms with Crippen molar-refractivity contribution in [2.24, 2.45) is 0 Å². The normalized spacial score (nSPS) is 17.2. The molecule has 0 radical (unpaired) electrons. The van der Waals surface area contributed by atoms with Crippen LogP contribution in [0.3, 0.4) is 0 Å². The lowest BCUT2D eigenvalue weighted by atomic mass is 10.0. The van der Waals surface area contributed by atoms with Crippen LogP contribution in [-0.4, -0.2) is 23.2 Å². The predicted molar refractivity (Wildman–Crippen MR) is 107 cm³/mol. The molecule has 0 bridgehead atoms. The van der Waals surface area contributed by atoms with Gasteiger partial charge in [0.1, 0.15) is 5.37 Å². The fourth-order valence-corrected chi connectivity index (χ4v) is 4.45. The van der Waals surface area contributed by atoms with Crippen molar-refractivity contribution in [1.82, 2.24) is 4.90 Å². The molecule has 3 rings (SSSR count). The quantitative estimate of drug-likeness (QED) is 0.766. The van der Waals surface area contributed by atoms with Gasteiger partial charge in [0, 0.05) is 18.0 Å². The Kier molecular flexibility index (Phi) is 5.38. The van der Waals surface area contributed by atoms with E-state index in [1.807, 2.05) is 48.7 Å². The summed E-state index contributed by atoms with van der Waals surface area (Å²) < 4.78 is 0. The van der Waals surface area contributed by atoms with E-state index < -0.39 is 0 Å². The van der Waals surface area contributed by atoms with Crippen molar-refractivity contribution in [3.8, 4) is 0 Å². The van der Waals surface area contributed by atoms with Crippen molar-refractivity contribution in [3.05, 3.63) is 64.7 Å². The number of carbonyl (C=O) groups is 1. The summed E-state index contributed by atoms with van der Waals surface area (Å²) in [6.45, 7) is 9.23. The minimum absolute atomic E-state index is 0.0136. The van der Waals surface area contributed by atoms with Gasteiger partial charge in [-0.15, -0.1) is 11.8 Å². The number of amides is 2. The van der Waals surface area contributed by atoms with Crippen LogP contribution in [0.5, 0.6) is 0 Å². The molecular weight excluding hydrogens is 328 g/mol. The van der Waals surface area contributed by atoms with E-state index in [0.29, 0.717) is 5.92 Å². The number of nitrogens with one attached hydrogen (secondary N) is 1. The average molecular weight is 355 g/mol. The smallest absolute Gasteiger partial charge is 0.308 e. The number of benzene rings is 2. The summed E-state index contributed by atoms with van der Waals surface area (Å²) in [6, 6.07) is 14.8. The molecule has 2 aromatic rings. The first-order valence-corrected chi connectivity index (χ1v) is 9.87. The Labute approximate surface area is 154 Å². The lowest BCUT2D eigenvalue weighted by Crippen LogP contribution is -2.34. The zero-order chi connectivity index (χ0) is 18.0. The Morgan fingerprint density at radius 3 is 2.36 bits per heavy atom. The number of hydrogen-bond donors (Lipinski definition) is 1. The van der Waals surface area contributed by atoms with E-state index in [-0.39, 0.29) is 11.4 Å². The molecule has 1 N–H and O–H groups in total. The van der Waals surface area contributed by atoms with Gasteiger partial charge in [0.15, 0.2) is 0 Å². The second kappa shape index (κ2) is 7.52. The summed E-state index contributed by atoms with van der Waals surface area (Å²) in [5, 5.41) is 3.21. The Bertz CT molecular complexity index is 735. The van der Waals surface area contributed by atoms with Gasteiger partial charge in [-0.05, 0) is 42.0 Å². The zero-order valence-corrected chi connectivity index (χ0v) is 16.2. The van der Waals surface area contributed by atoms with E-state index in [0.717, 1.165) is 29.1 Å². The van der Waals surface area contributed by atoms with Crippen LogP contribution < -0.4 is 5.32 Å². The Balaban J connectivity index is 1.78. The summed E-state index contributed by atoms with van der Waals surface area (Å²) in [5.41, 5.74) is 5.65. The Morgan fingerprint density at radius 1 is 1.12 bits per heavy atom. The molecule has 1 aliphatic rings. The van der Waals surface area contributed by atoms with Gasteiger partial charge < -0.3 is 10.2 Å². The molecule has 0 saturated carbocycles. The van der Waals surface area contributed by atoms with Gasteiger partial charge in [-0.25, -0.2) is 4.79 Å². The van der Waals surface area contributed by atoms with E-state index >= 15 is 0 Å². The molecule has 0 aliphatic carbocycles. The van der Waals surface area contributed by atoms with Gasteiger partial charge in [-0.3, -0.25) is 0 Å². The van der Waals surface area contributed by atoms with Crippen molar-refractivity contribution >= 4 is 23.5 Å². The van der Waals surface area contributed by atoms with Gasteiger partial charge in [-0.1, -0.05) is 56.3 Å². The second-order valence-corrected chi connectivity index (χ2v) is 8.12. The Morgan fingerprint density at radius 2 is 1.76 bits per heavy atom. The highest BCUT2D eigenvalue weighted by molar-refractivity contribution is 7.99. The highest BCUT2D eigenvalue weighted by Crippen LogP contribution is 2.38. The Hall–Kier alpha value is -1.94. The van der Waals surface area contributed by atoms with Gasteiger partial charge in [-0.2, -0.15) is 0 Å². The molecule has 0 spiro atoms. The molecule has 1 unspecified atom stereocenters. The van der Waals surface area contributed by atoms with Crippen LogP contribution in [0, 0.1) is 13.8 Å². The molecule has 0 aromatic heterocycles. The summed E-state index contributed by atoms with van der Waals surface area (Å²) >= 11 is 1.83. The van der Waals surface area contributed by atoms with Crippen LogP contribution in [0.25, 0.3) is 0 Å². The molecule has 1 aliphatic heterocycles.